The quantitative estimate of drug-likeness (QED) is 0.230. The highest BCUT2D eigenvalue weighted by Crippen LogP contribution is 2.48. The van der Waals surface area contributed by atoms with Crippen molar-refractivity contribution < 1.29 is 41.0 Å². The molecule has 0 saturated heterocycles. The minimum atomic E-state index is -4.47. The molecule has 7 nitrogen and oxygen atoms in total. The minimum absolute atomic E-state index is 0.00802. The number of unbranched alkanes of at least 4 members (excludes halogenated alkanes) is 1. The van der Waals surface area contributed by atoms with Gasteiger partial charge in [-0.1, -0.05) is 24.9 Å². The number of hydrogen-bond acceptors (Lipinski definition) is 7. The Morgan fingerprint density at radius 3 is 2.42 bits per heavy atom. The Hall–Kier alpha value is -2.56. The first-order valence-electron chi connectivity index (χ1n) is 11.4. The maximum absolute atomic E-state index is 15.1. The van der Waals surface area contributed by atoms with Gasteiger partial charge < -0.3 is 14.2 Å². The number of ether oxygens (including phenoxy) is 3. The summed E-state index contributed by atoms with van der Waals surface area (Å²) in [6, 6.07) is 6.71. The van der Waals surface area contributed by atoms with Gasteiger partial charge in [-0.3, -0.25) is 9.59 Å². The van der Waals surface area contributed by atoms with E-state index in [2.05, 4.69) is 0 Å². The van der Waals surface area contributed by atoms with Crippen molar-refractivity contribution in [3.05, 3.63) is 58.6 Å². The molecule has 2 aromatic rings. The lowest BCUT2D eigenvalue weighted by atomic mass is 9.81. The molecule has 0 aliphatic carbocycles. The highest BCUT2D eigenvalue weighted by molar-refractivity contribution is 7.91. The summed E-state index contributed by atoms with van der Waals surface area (Å²) in [6.45, 7) is 1.87. The van der Waals surface area contributed by atoms with Crippen molar-refractivity contribution in [3.63, 3.8) is 0 Å². The zero-order chi connectivity index (χ0) is 26.5. The van der Waals surface area contributed by atoms with Crippen molar-refractivity contribution in [2.75, 3.05) is 26.9 Å². The summed E-state index contributed by atoms with van der Waals surface area (Å²) in [6.07, 6.45) is 1.48. The zero-order valence-corrected chi connectivity index (χ0v) is 21.4. The molecule has 3 unspecified atom stereocenters. The van der Waals surface area contributed by atoms with Crippen molar-refractivity contribution in [1.29, 1.82) is 0 Å². The van der Waals surface area contributed by atoms with E-state index in [-0.39, 0.29) is 22.9 Å². The van der Waals surface area contributed by atoms with Crippen LogP contribution in [0.25, 0.3) is 0 Å². The molecule has 11 heteroatoms. The molecule has 0 amide bonds. The predicted octanol–water partition coefficient (Wildman–Crippen LogP) is 4.71. The second kappa shape index (κ2) is 12.1. The van der Waals surface area contributed by atoms with E-state index in [0.29, 0.717) is 6.61 Å². The summed E-state index contributed by atoms with van der Waals surface area (Å²) < 4.78 is 73.0. The predicted molar refractivity (Wildman–Crippen MR) is 128 cm³/mol. The molecular weight excluding hydrogens is 518 g/mol. The summed E-state index contributed by atoms with van der Waals surface area (Å²) in [5.74, 6) is -7.25. The van der Waals surface area contributed by atoms with Crippen LogP contribution >= 0.6 is 11.6 Å². The van der Waals surface area contributed by atoms with Gasteiger partial charge in [0.15, 0.2) is 21.4 Å². The van der Waals surface area contributed by atoms with Crippen molar-refractivity contribution in [1.82, 2.24) is 0 Å². The van der Waals surface area contributed by atoms with Crippen LogP contribution in [-0.2, 0) is 28.9 Å². The highest BCUT2D eigenvalue weighted by atomic mass is 35.5. The lowest BCUT2D eigenvalue weighted by Gasteiger charge is -2.36. The van der Waals surface area contributed by atoms with Gasteiger partial charge in [0.2, 0.25) is 0 Å². The number of ketones is 1. The lowest BCUT2D eigenvalue weighted by molar-refractivity contribution is -0.153. The number of rotatable bonds is 11. The molecule has 0 N–H and O–H groups in total. The van der Waals surface area contributed by atoms with E-state index in [1.807, 2.05) is 6.92 Å². The Morgan fingerprint density at radius 2 is 1.78 bits per heavy atom. The Balaban J connectivity index is 2.10. The molecule has 0 fully saturated rings. The number of carbonyl (C=O) groups excluding carboxylic acids is 2. The second-order valence-electron chi connectivity index (χ2n) is 8.35. The van der Waals surface area contributed by atoms with E-state index in [4.69, 9.17) is 25.8 Å². The van der Waals surface area contributed by atoms with Gasteiger partial charge in [0.05, 0.1) is 30.8 Å². The Morgan fingerprint density at radius 1 is 1.11 bits per heavy atom. The largest absolute Gasteiger partial charge is 0.490 e. The smallest absolute Gasteiger partial charge is 0.316 e. The molecular formula is C25H27ClF2O7S. The molecule has 0 radical (unpaired) electrons. The topological polar surface area (TPSA) is 96.0 Å². The Kier molecular flexibility index (Phi) is 9.43. The molecule has 2 aromatic carbocycles. The van der Waals surface area contributed by atoms with Crippen molar-refractivity contribution in [2.24, 2.45) is 11.8 Å². The molecule has 3 atom stereocenters. The molecule has 0 bridgehead atoms. The van der Waals surface area contributed by atoms with E-state index < -0.39 is 68.2 Å². The van der Waals surface area contributed by atoms with Crippen LogP contribution < -0.4 is 4.74 Å². The normalized spacial score (nSPS) is 18.1. The van der Waals surface area contributed by atoms with E-state index in [1.54, 1.807) is 0 Å². The summed E-state index contributed by atoms with van der Waals surface area (Å²) in [5, 5.41) is -1.55. The average Bonchev–Trinajstić information content (AvgIpc) is 2.86. The van der Waals surface area contributed by atoms with E-state index in [0.717, 1.165) is 32.1 Å². The fourth-order valence-corrected chi connectivity index (χ4v) is 6.38. The maximum atomic E-state index is 15.1. The average molecular weight is 545 g/mol. The number of methoxy groups -OCH3 is 1. The third-order valence-electron chi connectivity index (χ3n) is 6.03. The van der Waals surface area contributed by atoms with Crippen LogP contribution in [0.3, 0.4) is 0 Å². The van der Waals surface area contributed by atoms with Crippen LogP contribution in [0.1, 0.15) is 37.0 Å². The molecule has 1 aliphatic rings. The van der Waals surface area contributed by atoms with Gasteiger partial charge in [0.1, 0.15) is 22.8 Å². The second-order valence-corrected chi connectivity index (χ2v) is 10.9. The van der Waals surface area contributed by atoms with Gasteiger partial charge in [0, 0.05) is 24.0 Å². The first-order valence-corrected chi connectivity index (χ1v) is 13.3. The summed E-state index contributed by atoms with van der Waals surface area (Å²) in [5.41, 5.74) is -0.581. The number of esters is 1. The number of carbonyl (C=O) groups is 2. The van der Waals surface area contributed by atoms with Gasteiger partial charge in [0.25, 0.3) is 0 Å². The summed E-state index contributed by atoms with van der Waals surface area (Å²) in [7, 11) is -3.41. The molecule has 0 aromatic heterocycles. The van der Waals surface area contributed by atoms with Crippen LogP contribution in [0.4, 0.5) is 8.78 Å². The number of fused-ring (bicyclic) bond motifs is 1. The van der Waals surface area contributed by atoms with Crippen LogP contribution in [0, 0.1) is 23.5 Å². The number of sulfone groups is 1. The van der Waals surface area contributed by atoms with Crippen molar-refractivity contribution >= 4 is 33.2 Å². The SMILES string of the molecule is CCCCOCCC(=O)C(C(=O)OC)C1COc2c(F)ccc(F)c2C1S(=O)(=O)c1ccc(Cl)cc1. The highest BCUT2D eigenvalue weighted by Gasteiger charge is 2.51. The van der Waals surface area contributed by atoms with Crippen molar-refractivity contribution in [2.45, 2.75) is 36.3 Å². The van der Waals surface area contributed by atoms with Crippen LogP contribution in [0.5, 0.6) is 5.75 Å². The standard InChI is InChI=1S/C25H27ClF2O7S/c1-3-4-12-34-13-11-20(29)21(25(30)33-2)17-14-35-23-19(28)10-9-18(27)22(23)24(17)36(31,32)16-7-5-15(26)6-8-16/h5-10,17,21,24H,3-4,11-14H2,1-2H3. The maximum Gasteiger partial charge on any atom is 0.316 e. The number of halogens is 3. The van der Waals surface area contributed by atoms with Gasteiger partial charge in [-0.25, -0.2) is 17.2 Å². The monoisotopic (exact) mass is 544 g/mol. The zero-order valence-electron chi connectivity index (χ0n) is 19.8. The molecule has 1 heterocycles. The molecule has 36 heavy (non-hydrogen) atoms. The molecule has 3 rings (SSSR count). The van der Waals surface area contributed by atoms with Gasteiger partial charge in [-0.05, 0) is 42.8 Å². The van der Waals surface area contributed by atoms with Crippen LogP contribution in [0.15, 0.2) is 41.3 Å². The van der Waals surface area contributed by atoms with Crippen LogP contribution in [0.2, 0.25) is 5.02 Å². The number of benzene rings is 2. The first kappa shape index (κ1) is 28.0. The fourth-order valence-electron chi connectivity index (χ4n) is 4.22. The first-order chi connectivity index (χ1) is 17.1. The number of hydrogen-bond donors (Lipinski definition) is 0. The molecule has 1 aliphatic heterocycles. The molecule has 0 spiro atoms. The van der Waals surface area contributed by atoms with Crippen molar-refractivity contribution in [3.8, 4) is 5.75 Å². The van der Waals surface area contributed by atoms with Gasteiger partial charge >= 0.3 is 5.97 Å². The lowest BCUT2D eigenvalue weighted by Crippen LogP contribution is -2.44. The van der Waals surface area contributed by atoms with Gasteiger partial charge in [-0.15, -0.1) is 0 Å². The minimum Gasteiger partial charge on any atom is -0.490 e. The van der Waals surface area contributed by atoms with Crippen LogP contribution in [-0.4, -0.2) is 47.1 Å². The van der Waals surface area contributed by atoms with E-state index in [1.165, 1.54) is 24.3 Å². The Bertz CT molecular complexity index is 1200. The summed E-state index contributed by atoms with van der Waals surface area (Å²) in [4.78, 5) is 25.7. The Labute approximate surface area is 213 Å². The van der Waals surface area contributed by atoms with E-state index >= 15 is 4.39 Å². The van der Waals surface area contributed by atoms with E-state index in [9.17, 15) is 22.4 Å². The third kappa shape index (κ3) is 5.87. The number of Topliss-reactive ketones (excluding diaryl/α,β-unsaturated/α-hetero) is 1. The summed E-state index contributed by atoms with van der Waals surface area (Å²) >= 11 is 5.89. The third-order valence-corrected chi connectivity index (χ3v) is 8.47. The fraction of sp³-hybridized carbons (Fsp3) is 0.440. The molecule has 0 saturated carbocycles. The van der Waals surface area contributed by atoms with Gasteiger partial charge in [-0.2, -0.15) is 0 Å². The molecule has 196 valence electrons.